The first-order chi connectivity index (χ1) is 14.1. The molecular weight excluding hydrogens is 364 g/mol. The number of aliphatic hydroxyl groups excluding tert-OH is 1. The van der Waals surface area contributed by atoms with E-state index in [2.05, 4.69) is 11.9 Å². The number of aliphatic hydroxyl groups is 1. The minimum absolute atomic E-state index is 0.109. The third-order valence-electron chi connectivity index (χ3n) is 6.31. The molecule has 0 bridgehead atoms. The number of nitrogens with zero attached hydrogens (tertiary/aromatic N) is 2. The highest BCUT2D eigenvalue weighted by atomic mass is 16.4. The lowest BCUT2D eigenvalue weighted by Crippen LogP contribution is -2.54. The number of amidine groups is 1. The number of unbranched alkanes of at least 4 members (excludes halogenated alkanes) is 13. The maximum atomic E-state index is 11.3. The van der Waals surface area contributed by atoms with E-state index in [0.717, 1.165) is 31.8 Å². The highest BCUT2D eigenvalue weighted by molar-refractivity contribution is 5.80. The smallest absolute Gasteiger partial charge is 0.359 e. The van der Waals surface area contributed by atoms with Crippen molar-refractivity contribution in [2.45, 2.75) is 110 Å². The molecule has 1 aliphatic rings. The number of aliphatic imine (C=N–C) groups is 1. The Hall–Kier alpha value is -0.940. The Morgan fingerprint density at radius 3 is 1.86 bits per heavy atom. The summed E-state index contributed by atoms with van der Waals surface area (Å²) in [5, 5.41) is 18.5. The summed E-state index contributed by atoms with van der Waals surface area (Å²) in [6.45, 7) is 4.70. The largest absolute Gasteiger partial charge is 0.477 e. The molecule has 0 amide bonds. The molecule has 2 N–H and O–H groups in total. The van der Waals surface area contributed by atoms with E-state index < -0.39 is 5.97 Å². The molecule has 170 valence electrons. The molecule has 0 saturated carbocycles. The molecule has 1 rings (SSSR count). The average molecular weight is 412 g/mol. The van der Waals surface area contributed by atoms with Gasteiger partial charge < -0.3 is 10.2 Å². The van der Waals surface area contributed by atoms with E-state index in [4.69, 9.17) is 0 Å². The van der Waals surface area contributed by atoms with Crippen molar-refractivity contribution in [1.82, 2.24) is 0 Å². The monoisotopic (exact) mass is 411 g/mol. The van der Waals surface area contributed by atoms with Gasteiger partial charge in [-0.05, 0) is 6.42 Å². The first-order valence-electron chi connectivity index (χ1n) is 12.4. The average Bonchev–Trinajstić information content (AvgIpc) is 3.08. The van der Waals surface area contributed by atoms with Crippen LogP contribution in [0.2, 0.25) is 0 Å². The second-order valence-electron chi connectivity index (χ2n) is 8.87. The fourth-order valence-corrected chi connectivity index (χ4v) is 4.57. The predicted molar refractivity (Wildman–Crippen MR) is 121 cm³/mol. The lowest BCUT2D eigenvalue weighted by atomic mass is 10.0. The van der Waals surface area contributed by atoms with Crippen molar-refractivity contribution < 1.29 is 19.5 Å². The Labute approximate surface area is 179 Å². The SMILES string of the molecule is CCCCCCCCCCCCCCCCC1=NCC[N+]1(CCCO)CC(=O)O. The van der Waals surface area contributed by atoms with Gasteiger partial charge in [-0.1, -0.05) is 90.4 Å². The van der Waals surface area contributed by atoms with E-state index in [1.807, 2.05) is 0 Å². The molecular formula is C24H47N2O3+. The summed E-state index contributed by atoms with van der Waals surface area (Å²) in [5.74, 6) is 0.290. The Kier molecular flexibility index (Phi) is 15.1. The lowest BCUT2D eigenvalue weighted by molar-refractivity contribution is -0.829. The Morgan fingerprint density at radius 1 is 0.862 bits per heavy atom. The van der Waals surface area contributed by atoms with E-state index in [1.54, 1.807) is 0 Å². The fourth-order valence-electron chi connectivity index (χ4n) is 4.57. The van der Waals surface area contributed by atoms with Crippen LogP contribution in [0, 0.1) is 0 Å². The maximum absolute atomic E-state index is 11.3. The lowest BCUT2D eigenvalue weighted by Gasteiger charge is -2.33. The molecule has 1 heterocycles. The molecule has 1 atom stereocenters. The number of hydrogen-bond acceptors (Lipinski definition) is 3. The predicted octanol–water partition coefficient (Wildman–Crippen LogP) is 5.55. The van der Waals surface area contributed by atoms with Gasteiger partial charge in [0, 0.05) is 19.4 Å². The molecule has 5 heteroatoms. The van der Waals surface area contributed by atoms with Crippen molar-refractivity contribution in [2.75, 3.05) is 32.8 Å². The zero-order chi connectivity index (χ0) is 21.2. The number of carboxylic acids is 1. The second-order valence-corrected chi connectivity index (χ2v) is 8.87. The van der Waals surface area contributed by atoms with Gasteiger partial charge in [0.15, 0.2) is 12.4 Å². The van der Waals surface area contributed by atoms with Gasteiger partial charge in [0.05, 0.1) is 13.1 Å². The molecule has 0 aromatic carbocycles. The minimum atomic E-state index is -0.765. The van der Waals surface area contributed by atoms with E-state index >= 15 is 0 Å². The van der Waals surface area contributed by atoms with Crippen LogP contribution in [0.4, 0.5) is 0 Å². The quantitative estimate of drug-likeness (QED) is 0.204. The first kappa shape index (κ1) is 26.1. The number of quaternary nitrogens is 1. The highest BCUT2D eigenvalue weighted by Gasteiger charge is 2.39. The van der Waals surface area contributed by atoms with Gasteiger partial charge in [-0.15, -0.1) is 0 Å². The molecule has 0 fully saturated rings. The van der Waals surface area contributed by atoms with Crippen LogP contribution in [-0.4, -0.2) is 59.3 Å². The van der Waals surface area contributed by atoms with Gasteiger partial charge in [-0.2, -0.15) is 0 Å². The van der Waals surface area contributed by atoms with E-state index in [1.165, 1.54) is 83.5 Å². The number of carbonyl (C=O) groups is 1. The fraction of sp³-hybridized carbons (Fsp3) is 0.917. The molecule has 0 aromatic rings. The number of aliphatic carboxylic acids is 1. The second kappa shape index (κ2) is 16.8. The summed E-state index contributed by atoms with van der Waals surface area (Å²) < 4.78 is 0.467. The molecule has 1 unspecified atom stereocenters. The Bertz CT molecular complexity index is 453. The van der Waals surface area contributed by atoms with Crippen LogP contribution in [0.3, 0.4) is 0 Å². The molecule has 5 nitrogen and oxygen atoms in total. The third-order valence-corrected chi connectivity index (χ3v) is 6.31. The van der Waals surface area contributed by atoms with Crippen molar-refractivity contribution in [2.24, 2.45) is 4.99 Å². The van der Waals surface area contributed by atoms with Crippen LogP contribution in [0.1, 0.15) is 110 Å². The van der Waals surface area contributed by atoms with E-state index in [9.17, 15) is 15.0 Å². The third kappa shape index (κ3) is 11.7. The standard InChI is InChI=1S/C24H46N2O3/c1-2-3-4-5-6-7-8-9-10-11-12-13-14-15-17-23-25-18-20-26(23,19-16-21-27)22-24(28)29/h27H,2-22H2,1H3/p+1. The van der Waals surface area contributed by atoms with Gasteiger partial charge in [-0.3, -0.25) is 4.48 Å². The molecule has 0 saturated heterocycles. The summed E-state index contributed by atoms with van der Waals surface area (Å²) in [5.41, 5.74) is 0. The molecule has 0 spiro atoms. The van der Waals surface area contributed by atoms with Crippen LogP contribution in [0.5, 0.6) is 0 Å². The molecule has 29 heavy (non-hydrogen) atoms. The molecule has 1 aliphatic heterocycles. The van der Waals surface area contributed by atoms with Gasteiger partial charge in [0.2, 0.25) is 0 Å². The van der Waals surface area contributed by atoms with Crippen LogP contribution < -0.4 is 0 Å². The van der Waals surface area contributed by atoms with Gasteiger partial charge in [-0.25, -0.2) is 9.79 Å². The summed E-state index contributed by atoms with van der Waals surface area (Å²) in [6.07, 6.45) is 20.4. The van der Waals surface area contributed by atoms with E-state index in [-0.39, 0.29) is 13.2 Å². The van der Waals surface area contributed by atoms with E-state index in [0.29, 0.717) is 17.4 Å². The highest BCUT2D eigenvalue weighted by Crippen LogP contribution is 2.21. The topological polar surface area (TPSA) is 69.9 Å². The Balaban J connectivity index is 2.05. The van der Waals surface area contributed by atoms with Crippen LogP contribution >= 0.6 is 0 Å². The first-order valence-corrected chi connectivity index (χ1v) is 12.4. The summed E-state index contributed by atoms with van der Waals surface area (Å²) in [4.78, 5) is 16.0. The van der Waals surface area contributed by atoms with Crippen molar-refractivity contribution >= 4 is 11.8 Å². The van der Waals surface area contributed by atoms with Gasteiger partial charge in [0.25, 0.3) is 0 Å². The zero-order valence-corrected chi connectivity index (χ0v) is 19.0. The molecule has 0 aliphatic carbocycles. The molecule has 0 radical (unpaired) electrons. The summed E-state index contributed by atoms with van der Waals surface area (Å²) >= 11 is 0. The maximum Gasteiger partial charge on any atom is 0.359 e. The van der Waals surface area contributed by atoms with Crippen molar-refractivity contribution in [3.8, 4) is 0 Å². The zero-order valence-electron chi connectivity index (χ0n) is 19.0. The van der Waals surface area contributed by atoms with Crippen molar-refractivity contribution in [1.29, 1.82) is 0 Å². The van der Waals surface area contributed by atoms with Crippen molar-refractivity contribution in [3.63, 3.8) is 0 Å². The van der Waals surface area contributed by atoms with Gasteiger partial charge in [0.1, 0.15) is 6.54 Å². The summed E-state index contributed by atoms with van der Waals surface area (Å²) in [7, 11) is 0. The number of rotatable bonds is 20. The Morgan fingerprint density at radius 2 is 1.38 bits per heavy atom. The number of carboxylic acid groups (broad SMARTS) is 1. The summed E-state index contributed by atoms with van der Waals surface area (Å²) in [6, 6.07) is 0. The van der Waals surface area contributed by atoms with Crippen molar-refractivity contribution in [3.05, 3.63) is 0 Å². The van der Waals surface area contributed by atoms with Crippen LogP contribution in [0.25, 0.3) is 0 Å². The normalized spacial score (nSPS) is 18.9. The van der Waals surface area contributed by atoms with Gasteiger partial charge >= 0.3 is 5.97 Å². The minimum Gasteiger partial charge on any atom is -0.477 e. The molecule has 0 aromatic heterocycles. The van der Waals surface area contributed by atoms with Crippen LogP contribution in [0.15, 0.2) is 4.99 Å². The van der Waals surface area contributed by atoms with Crippen LogP contribution in [-0.2, 0) is 4.79 Å². The number of hydrogen-bond donors (Lipinski definition) is 2.